The van der Waals surface area contributed by atoms with E-state index in [2.05, 4.69) is 64.0 Å². The van der Waals surface area contributed by atoms with Crippen LogP contribution in [0.25, 0.3) is 5.57 Å². The molecule has 1 rings (SSSR count). The molecule has 1 aromatic carbocycles. The maximum atomic E-state index is 5.26. The molecule has 0 amide bonds. The van der Waals surface area contributed by atoms with Crippen molar-refractivity contribution in [3.63, 3.8) is 0 Å². The van der Waals surface area contributed by atoms with E-state index in [0.717, 1.165) is 6.42 Å². The molecule has 0 fully saturated rings. The highest BCUT2D eigenvalue weighted by Gasteiger charge is 2.08. The van der Waals surface area contributed by atoms with Gasteiger partial charge in [-0.05, 0) is 49.0 Å². The Morgan fingerprint density at radius 1 is 1.33 bits per heavy atom. The van der Waals surface area contributed by atoms with Crippen molar-refractivity contribution in [1.82, 2.24) is 0 Å². The maximum Gasteiger partial charge on any atom is -0.00391 e. The van der Waals surface area contributed by atoms with Crippen LogP contribution >= 0.6 is 0 Å². The minimum Gasteiger partial charge on any atom is -0.115 e. The van der Waals surface area contributed by atoms with Crippen LogP contribution < -0.4 is 0 Å². The summed E-state index contributed by atoms with van der Waals surface area (Å²) in [7, 11) is 0. The molecule has 0 N–H and O–H groups in total. The molecule has 0 heterocycles. The molecular weight excluding hydrogens is 216 g/mol. The van der Waals surface area contributed by atoms with Crippen LogP contribution in [0.15, 0.2) is 42.0 Å². The van der Waals surface area contributed by atoms with Crippen molar-refractivity contribution in [1.29, 1.82) is 0 Å². The first-order chi connectivity index (χ1) is 8.61. The lowest BCUT2D eigenvalue weighted by Gasteiger charge is -2.15. The molecular formula is C18H22. The summed E-state index contributed by atoms with van der Waals surface area (Å²) >= 11 is 0. The maximum absolute atomic E-state index is 5.26. The van der Waals surface area contributed by atoms with Gasteiger partial charge < -0.3 is 0 Å². The van der Waals surface area contributed by atoms with Gasteiger partial charge in [0.2, 0.25) is 0 Å². The van der Waals surface area contributed by atoms with Crippen molar-refractivity contribution in [2.45, 2.75) is 34.1 Å². The molecule has 0 saturated carbocycles. The molecule has 0 aromatic heterocycles. The molecule has 0 saturated heterocycles. The molecule has 0 radical (unpaired) electrons. The lowest BCUT2D eigenvalue weighted by Crippen LogP contribution is -1.98. The molecule has 18 heavy (non-hydrogen) atoms. The Morgan fingerprint density at radius 2 is 2.00 bits per heavy atom. The van der Waals surface area contributed by atoms with Crippen molar-refractivity contribution in [2.24, 2.45) is 5.92 Å². The molecule has 0 spiro atoms. The van der Waals surface area contributed by atoms with Gasteiger partial charge in [-0.15, -0.1) is 6.42 Å². The number of benzene rings is 1. The third kappa shape index (κ3) is 3.37. The summed E-state index contributed by atoms with van der Waals surface area (Å²) in [6.45, 7) is 8.77. The third-order valence-electron chi connectivity index (χ3n) is 3.56. The molecule has 0 bridgehead atoms. The fraction of sp³-hybridized carbons (Fsp3) is 0.333. The average molecular weight is 238 g/mol. The van der Waals surface area contributed by atoms with Gasteiger partial charge in [0.25, 0.3) is 0 Å². The van der Waals surface area contributed by atoms with E-state index in [0.29, 0.717) is 5.92 Å². The van der Waals surface area contributed by atoms with E-state index in [1.54, 1.807) is 6.08 Å². The second-order valence-electron chi connectivity index (χ2n) is 4.63. The first kappa shape index (κ1) is 14.3. The van der Waals surface area contributed by atoms with Gasteiger partial charge in [-0.3, -0.25) is 0 Å². The normalized spacial score (nSPS) is 14.2. The number of hydrogen-bond donors (Lipinski definition) is 0. The van der Waals surface area contributed by atoms with Crippen molar-refractivity contribution < 1.29 is 0 Å². The highest BCUT2D eigenvalue weighted by atomic mass is 14.1. The zero-order valence-electron chi connectivity index (χ0n) is 11.8. The Kier molecular flexibility index (Phi) is 5.46. The van der Waals surface area contributed by atoms with Gasteiger partial charge in [-0.25, -0.2) is 0 Å². The number of aryl methyl sites for hydroxylation is 1. The van der Waals surface area contributed by atoms with Crippen LogP contribution in [0.1, 0.15) is 38.8 Å². The van der Waals surface area contributed by atoms with E-state index >= 15 is 0 Å². The third-order valence-corrected chi connectivity index (χ3v) is 3.56. The van der Waals surface area contributed by atoms with Crippen LogP contribution in [0.2, 0.25) is 0 Å². The minimum atomic E-state index is 0.381. The van der Waals surface area contributed by atoms with Gasteiger partial charge in [0, 0.05) is 0 Å². The quantitative estimate of drug-likeness (QED) is 0.657. The van der Waals surface area contributed by atoms with Crippen molar-refractivity contribution in [3.05, 3.63) is 53.1 Å². The number of rotatable bonds is 4. The molecule has 1 aromatic rings. The standard InChI is InChI=1S/C18H22/c1-6-8-11-14(3)15(4)16(5)18-13-10-9-12-17(18)7-2/h1,8-14H,7H2,2-5H3/b11-8-,16-15-. The monoisotopic (exact) mass is 238 g/mol. The highest BCUT2D eigenvalue weighted by Crippen LogP contribution is 2.26. The second-order valence-corrected chi connectivity index (χ2v) is 4.63. The van der Waals surface area contributed by atoms with Crippen molar-refractivity contribution >= 4 is 5.57 Å². The molecule has 0 heteroatoms. The van der Waals surface area contributed by atoms with Crippen LogP contribution in [0.4, 0.5) is 0 Å². The summed E-state index contributed by atoms with van der Waals surface area (Å²) in [5, 5.41) is 0. The lowest BCUT2D eigenvalue weighted by atomic mass is 9.90. The van der Waals surface area contributed by atoms with E-state index < -0.39 is 0 Å². The van der Waals surface area contributed by atoms with Crippen LogP contribution in [0.3, 0.4) is 0 Å². The molecule has 0 aliphatic rings. The van der Waals surface area contributed by atoms with E-state index in [9.17, 15) is 0 Å². The summed E-state index contributed by atoms with van der Waals surface area (Å²) in [6, 6.07) is 8.61. The summed E-state index contributed by atoms with van der Waals surface area (Å²) in [6.07, 6.45) is 10.2. The first-order valence-corrected chi connectivity index (χ1v) is 6.50. The van der Waals surface area contributed by atoms with Crippen LogP contribution in [-0.2, 0) is 6.42 Å². The Morgan fingerprint density at radius 3 is 2.61 bits per heavy atom. The predicted octanol–water partition coefficient (Wildman–Crippen LogP) is 4.87. The van der Waals surface area contributed by atoms with Crippen LogP contribution in [0, 0.1) is 18.3 Å². The van der Waals surface area contributed by atoms with Gasteiger partial charge in [0.05, 0.1) is 0 Å². The fourth-order valence-electron chi connectivity index (χ4n) is 2.09. The average Bonchev–Trinajstić information content (AvgIpc) is 2.42. The fourth-order valence-corrected chi connectivity index (χ4v) is 2.09. The van der Waals surface area contributed by atoms with E-state index in [-0.39, 0.29) is 0 Å². The topological polar surface area (TPSA) is 0 Å². The van der Waals surface area contributed by atoms with Gasteiger partial charge in [-0.2, -0.15) is 0 Å². The van der Waals surface area contributed by atoms with Crippen LogP contribution in [-0.4, -0.2) is 0 Å². The molecule has 94 valence electrons. The highest BCUT2D eigenvalue weighted by molar-refractivity contribution is 5.69. The summed E-state index contributed by atoms with van der Waals surface area (Å²) < 4.78 is 0. The minimum absolute atomic E-state index is 0.381. The summed E-state index contributed by atoms with van der Waals surface area (Å²) in [5.41, 5.74) is 5.50. The Hall–Kier alpha value is -1.74. The van der Waals surface area contributed by atoms with E-state index in [1.165, 1.54) is 22.3 Å². The predicted molar refractivity (Wildman–Crippen MR) is 81.2 cm³/mol. The summed E-state index contributed by atoms with van der Waals surface area (Å²) in [4.78, 5) is 0. The Labute approximate surface area is 111 Å². The van der Waals surface area contributed by atoms with Gasteiger partial charge >= 0.3 is 0 Å². The van der Waals surface area contributed by atoms with E-state index in [4.69, 9.17) is 6.42 Å². The van der Waals surface area contributed by atoms with Gasteiger partial charge in [0.1, 0.15) is 0 Å². The second kappa shape index (κ2) is 6.87. The van der Waals surface area contributed by atoms with Crippen molar-refractivity contribution in [2.75, 3.05) is 0 Å². The SMILES string of the molecule is C#C/C=C\C(C)/C(C)=C(/C)c1ccccc1CC. The summed E-state index contributed by atoms with van der Waals surface area (Å²) in [5.74, 6) is 2.93. The number of hydrogen-bond acceptors (Lipinski definition) is 0. The molecule has 0 nitrogen and oxygen atoms in total. The molecule has 1 unspecified atom stereocenters. The number of terminal acetylenes is 1. The first-order valence-electron chi connectivity index (χ1n) is 6.50. The van der Waals surface area contributed by atoms with Gasteiger partial charge in [-0.1, -0.05) is 55.7 Å². The van der Waals surface area contributed by atoms with Gasteiger partial charge in [0.15, 0.2) is 0 Å². The zero-order chi connectivity index (χ0) is 13.5. The van der Waals surface area contributed by atoms with Crippen molar-refractivity contribution in [3.8, 4) is 12.3 Å². The van der Waals surface area contributed by atoms with Crippen LogP contribution in [0.5, 0.6) is 0 Å². The largest absolute Gasteiger partial charge is 0.115 e. The molecule has 0 aliphatic carbocycles. The molecule has 1 atom stereocenters. The lowest BCUT2D eigenvalue weighted by molar-refractivity contribution is 0.864. The smallest absolute Gasteiger partial charge is 0.00391 e. The number of allylic oxidation sites excluding steroid dienone is 4. The Bertz CT molecular complexity index is 495. The zero-order valence-corrected chi connectivity index (χ0v) is 11.8. The Balaban J connectivity index is 3.15. The van der Waals surface area contributed by atoms with E-state index in [1.807, 2.05) is 0 Å². The molecule has 0 aliphatic heterocycles.